The Bertz CT molecular complexity index is 333. The summed E-state index contributed by atoms with van der Waals surface area (Å²) in [6.45, 7) is 5.59. The van der Waals surface area contributed by atoms with Crippen LogP contribution in [0.5, 0.6) is 0 Å². The number of hydrogen-bond acceptors (Lipinski definition) is 2. The summed E-state index contributed by atoms with van der Waals surface area (Å²) in [6.07, 6.45) is 7.32. The minimum absolute atomic E-state index is 0.0321. The molecule has 122 valence electrons. The first-order valence-corrected chi connectivity index (χ1v) is 8.24. The van der Waals surface area contributed by atoms with E-state index in [4.69, 9.17) is 0 Å². The van der Waals surface area contributed by atoms with Crippen LogP contribution in [0, 0.1) is 5.92 Å². The minimum Gasteiger partial charge on any atom is -0.356 e. The summed E-state index contributed by atoms with van der Waals surface area (Å²) in [5, 5.41) is 6.83. The molecular weight excluding hydrogens is 264 g/mol. The molecule has 0 heterocycles. The number of likely N-dealkylation sites (N-methyl/N-ethyl adjacent to an activating group) is 1. The lowest BCUT2D eigenvalue weighted by Gasteiger charge is -2.18. The molecule has 0 radical (unpaired) electrons. The van der Waals surface area contributed by atoms with Gasteiger partial charge in [0.05, 0.1) is 0 Å². The third-order valence-electron chi connectivity index (χ3n) is 3.82. The number of aliphatic imine (C=N–C) groups is 1. The largest absolute Gasteiger partial charge is 0.356 e. The third-order valence-corrected chi connectivity index (χ3v) is 3.82. The standard InChI is InChI=1S/C16H32N4O/c1-13(2)8-7-11-17-16(18-12-15(21)20(3)4)19-14-9-5-6-10-14/h13-14H,5-12H2,1-4H3,(H2,17,18,19). The molecule has 2 N–H and O–H groups in total. The van der Waals surface area contributed by atoms with Crippen molar-refractivity contribution in [1.82, 2.24) is 15.5 Å². The van der Waals surface area contributed by atoms with Crippen molar-refractivity contribution in [3.63, 3.8) is 0 Å². The predicted molar refractivity (Wildman–Crippen MR) is 88.5 cm³/mol. The van der Waals surface area contributed by atoms with Gasteiger partial charge in [-0.1, -0.05) is 26.7 Å². The summed E-state index contributed by atoms with van der Waals surface area (Å²) in [5.74, 6) is 1.55. The smallest absolute Gasteiger partial charge is 0.243 e. The first-order chi connectivity index (χ1) is 9.99. The molecule has 0 aromatic carbocycles. The van der Waals surface area contributed by atoms with Crippen LogP contribution in [-0.4, -0.2) is 50.0 Å². The summed E-state index contributed by atoms with van der Waals surface area (Å²) < 4.78 is 0. The van der Waals surface area contributed by atoms with Crippen molar-refractivity contribution in [2.75, 3.05) is 27.2 Å². The van der Waals surface area contributed by atoms with Crippen molar-refractivity contribution in [3.8, 4) is 0 Å². The molecule has 0 aromatic heterocycles. The molecule has 21 heavy (non-hydrogen) atoms. The van der Waals surface area contributed by atoms with Crippen LogP contribution in [0.1, 0.15) is 52.4 Å². The van der Waals surface area contributed by atoms with Gasteiger partial charge in [-0.05, 0) is 31.6 Å². The lowest BCUT2D eigenvalue weighted by atomic mass is 10.1. The monoisotopic (exact) mass is 296 g/mol. The Hall–Kier alpha value is -1.26. The lowest BCUT2D eigenvalue weighted by molar-refractivity contribution is -0.127. The van der Waals surface area contributed by atoms with Gasteiger partial charge in [0.2, 0.25) is 5.91 Å². The van der Waals surface area contributed by atoms with Crippen LogP contribution in [0.3, 0.4) is 0 Å². The number of rotatable bonds is 7. The summed E-state index contributed by atoms with van der Waals surface area (Å²) >= 11 is 0. The van der Waals surface area contributed by atoms with Crippen LogP contribution in [0.15, 0.2) is 4.99 Å². The molecule has 1 fully saturated rings. The van der Waals surface area contributed by atoms with E-state index in [-0.39, 0.29) is 12.5 Å². The van der Waals surface area contributed by atoms with Gasteiger partial charge in [0.15, 0.2) is 5.96 Å². The van der Waals surface area contributed by atoms with Gasteiger partial charge < -0.3 is 15.5 Å². The first kappa shape index (κ1) is 17.8. The average molecular weight is 296 g/mol. The highest BCUT2D eigenvalue weighted by atomic mass is 16.2. The number of nitrogens with one attached hydrogen (secondary N) is 2. The summed E-state index contributed by atoms with van der Waals surface area (Å²) in [4.78, 5) is 17.7. The number of hydrogen-bond donors (Lipinski definition) is 2. The maximum absolute atomic E-state index is 11.7. The van der Waals surface area contributed by atoms with Crippen molar-refractivity contribution < 1.29 is 4.79 Å². The molecule has 1 rings (SSSR count). The SMILES string of the molecule is CC(C)CCCNC(=NCC(=O)N(C)C)NC1CCCC1. The molecule has 0 aliphatic heterocycles. The average Bonchev–Trinajstić information content (AvgIpc) is 2.92. The van der Waals surface area contributed by atoms with Gasteiger partial charge in [0.25, 0.3) is 0 Å². The van der Waals surface area contributed by atoms with Crippen molar-refractivity contribution in [2.45, 2.75) is 58.4 Å². The van der Waals surface area contributed by atoms with Gasteiger partial charge >= 0.3 is 0 Å². The molecule has 0 spiro atoms. The Morgan fingerprint density at radius 2 is 1.95 bits per heavy atom. The minimum atomic E-state index is 0.0321. The zero-order chi connectivity index (χ0) is 15.7. The zero-order valence-electron chi connectivity index (χ0n) is 14.1. The number of guanidine groups is 1. The molecule has 1 aliphatic carbocycles. The zero-order valence-corrected chi connectivity index (χ0v) is 14.1. The second-order valence-corrected chi connectivity index (χ2v) is 6.54. The van der Waals surface area contributed by atoms with Crippen molar-refractivity contribution in [1.29, 1.82) is 0 Å². The molecule has 5 nitrogen and oxygen atoms in total. The van der Waals surface area contributed by atoms with E-state index in [2.05, 4.69) is 29.5 Å². The number of carbonyl (C=O) groups is 1. The Kier molecular flexibility index (Phi) is 8.16. The van der Waals surface area contributed by atoms with Gasteiger partial charge in [0, 0.05) is 26.7 Å². The van der Waals surface area contributed by atoms with E-state index in [1.807, 2.05) is 0 Å². The second-order valence-electron chi connectivity index (χ2n) is 6.54. The van der Waals surface area contributed by atoms with E-state index >= 15 is 0 Å². The molecule has 1 saturated carbocycles. The van der Waals surface area contributed by atoms with Gasteiger partial charge in [-0.15, -0.1) is 0 Å². The normalized spacial score (nSPS) is 16.3. The molecule has 0 saturated heterocycles. The van der Waals surface area contributed by atoms with Gasteiger partial charge in [-0.2, -0.15) is 0 Å². The topological polar surface area (TPSA) is 56.7 Å². The maximum Gasteiger partial charge on any atom is 0.243 e. The summed E-state index contributed by atoms with van der Waals surface area (Å²) in [6, 6.07) is 0.510. The second kappa shape index (κ2) is 9.64. The Labute approximate surface area is 129 Å². The van der Waals surface area contributed by atoms with Crippen LogP contribution < -0.4 is 10.6 Å². The maximum atomic E-state index is 11.7. The van der Waals surface area contributed by atoms with Crippen molar-refractivity contribution >= 4 is 11.9 Å². The van der Waals surface area contributed by atoms with E-state index in [9.17, 15) is 4.79 Å². The molecule has 1 amide bonds. The fraction of sp³-hybridized carbons (Fsp3) is 0.875. The highest BCUT2D eigenvalue weighted by Crippen LogP contribution is 2.17. The number of nitrogens with zero attached hydrogens (tertiary/aromatic N) is 2. The van der Waals surface area contributed by atoms with E-state index in [0.29, 0.717) is 6.04 Å². The summed E-state index contributed by atoms with van der Waals surface area (Å²) in [5.41, 5.74) is 0. The van der Waals surface area contributed by atoms with Crippen LogP contribution >= 0.6 is 0 Å². The molecule has 0 aromatic rings. The Balaban J connectivity index is 2.43. The highest BCUT2D eigenvalue weighted by Gasteiger charge is 2.16. The van der Waals surface area contributed by atoms with Crippen LogP contribution in [0.4, 0.5) is 0 Å². The number of amides is 1. The van der Waals surface area contributed by atoms with Gasteiger partial charge in [0.1, 0.15) is 6.54 Å². The van der Waals surface area contributed by atoms with Crippen molar-refractivity contribution in [3.05, 3.63) is 0 Å². The van der Waals surface area contributed by atoms with E-state index < -0.39 is 0 Å². The van der Waals surface area contributed by atoms with Crippen LogP contribution in [0.2, 0.25) is 0 Å². The van der Waals surface area contributed by atoms with E-state index in [1.165, 1.54) is 32.1 Å². The highest BCUT2D eigenvalue weighted by molar-refractivity contribution is 5.84. The quantitative estimate of drug-likeness (QED) is 0.429. The Morgan fingerprint density at radius 1 is 1.29 bits per heavy atom. The molecule has 0 atom stereocenters. The van der Waals surface area contributed by atoms with Gasteiger partial charge in [-0.25, -0.2) is 4.99 Å². The molecule has 5 heteroatoms. The van der Waals surface area contributed by atoms with Crippen LogP contribution in [-0.2, 0) is 4.79 Å². The Morgan fingerprint density at radius 3 is 2.52 bits per heavy atom. The van der Waals surface area contributed by atoms with E-state index in [0.717, 1.165) is 24.8 Å². The predicted octanol–water partition coefficient (Wildman–Crippen LogP) is 1.99. The van der Waals surface area contributed by atoms with E-state index in [1.54, 1.807) is 19.0 Å². The molecule has 0 unspecified atom stereocenters. The third kappa shape index (κ3) is 7.93. The molecule has 1 aliphatic rings. The molecular formula is C16H32N4O. The summed E-state index contributed by atoms with van der Waals surface area (Å²) in [7, 11) is 3.52. The first-order valence-electron chi connectivity index (χ1n) is 8.24. The van der Waals surface area contributed by atoms with Crippen LogP contribution in [0.25, 0.3) is 0 Å². The lowest BCUT2D eigenvalue weighted by Crippen LogP contribution is -2.43. The fourth-order valence-corrected chi connectivity index (χ4v) is 2.42. The van der Waals surface area contributed by atoms with Crippen molar-refractivity contribution in [2.24, 2.45) is 10.9 Å². The van der Waals surface area contributed by atoms with Gasteiger partial charge in [-0.3, -0.25) is 4.79 Å². The number of carbonyl (C=O) groups excluding carboxylic acids is 1. The fourth-order valence-electron chi connectivity index (χ4n) is 2.42. The molecule has 0 bridgehead atoms.